The molecule has 1 heteroatoms. The van der Waals surface area contributed by atoms with E-state index in [1.807, 2.05) is 0 Å². The minimum atomic E-state index is 0.352. The molecule has 0 spiro atoms. The van der Waals surface area contributed by atoms with Crippen LogP contribution in [0.15, 0.2) is 30.3 Å². The van der Waals surface area contributed by atoms with Crippen LogP contribution >= 0.6 is 0 Å². The van der Waals surface area contributed by atoms with Crippen LogP contribution < -0.4 is 0 Å². The summed E-state index contributed by atoms with van der Waals surface area (Å²) >= 11 is 0. The van der Waals surface area contributed by atoms with Crippen LogP contribution in [0.4, 0.5) is 0 Å². The molecular formula is C14H20O. The number of benzene rings is 1. The van der Waals surface area contributed by atoms with Crippen molar-refractivity contribution in [3.05, 3.63) is 35.9 Å². The van der Waals surface area contributed by atoms with Gasteiger partial charge in [0.25, 0.3) is 0 Å². The summed E-state index contributed by atoms with van der Waals surface area (Å²) in [6.45, 7) is 2.64. The summed E-state index contributed by atoms with van der Waals surface area (Å²) in [6.07, 6.45) is 3.73. The number of aliphatic hydroxyl groups is 1. The Kier molecular flexibility index (Phi) is 3.42. The molecule has 1 aliphatic rings. The van der Waals surface area contributed by atoms with Gasteiger partial charge in [-0.05, 0) is 36.2 Å². The van der Waals surface area contributed by atoms with Gasteiger partial charge in [0.05, 0.1) is 0 Å². The average molecular weight is 204 g/mol. The van der Waals surface area contributed by atoms with Crippen molar-refractivity contribution in [1.82, 2.24) is 0 Å². The lowest BCUT2D eigenvalue weighted by Gasteiger charge is -2.35. The Morgan fingerprint density at radius 1 is 1.20 bits per heavy atom. The molecule has 1 N–H and O–H groups in total. The molecule has 1 nitrogen and oxygen atoms in total. The van der Waals surface area contributed by atoms with E-state index in [0.717, 1.165) is 0 Å². The Morgan fingerprint density at radius 3 is 2.60 bits per heavy atom. The lowest BCUT2D eigenvalue weighted by atomic mass is 9.70. The van der Waals surface area contributed by atoms with Gasteiger partial charge >= 0.3 is 0 Å². The van der Waals surface area contributed by atoms with Gasteiger partial charge in [-0.3, -0.25) is 0 Å². The van der Waals surface area contributed by atoms with Crippen molar-refractivity contribution in [2.75, 3.05) is 6.61 Å². The van der Waals surface area contributed by atoms with Crippen molar-refractivity contribution < 1.29 is 5.11 Å². The summed E-state index contributed by atoms with van der Waals surface area (Å²) < 4.78 is 0. The van der Waals surface area contributed by atoms with Crippen LogP contribution in [0, 0.1) is 11.8 Å². The first-order valence-corrected chi connectivity index (χ1v) is 5.98. The monoisotopic (exact) mass is 204 g/mol. The molecular weight excluding hydrogens is 184 g/mol. The highest BCUT2D eigenvalue weighted by molar-refractivity contribution is 5.21. The highest BCUT2D eigenvalue weighted by Crippen LogP contribution is 2.40. The largest absolute Gasteiger partial charge is 0.396 e. The number of rotatable bonds is 2. The molecule has 0 amide bonds. The fourth-order valence-corrected chi connectivity index (χ4v) is 2.88. The van der Waals surface area contributed by atoms with Gasteiger partial charge in [-0.15, -0.1) is 0 Å². The molecule has 0 radical (unpaired) electrons. The molecule has 0 saturated heterocycles. The van der Waals surface area contributed by atoms with E-state index in [9.17, 15) is 5.11 Å². The Labute approximate surface area is 92.1 Å². The van der Waals surface area contributed by atoms with E-state index < -0.39 is 0 Å². The molecule has 0 unspecified atom stereocenters. The minimum absolute atomic E-state index is 0.352. The molecule has 1 aromatic rings. The van der Waals surface area contributed by atoms with Gasteiger partial charge in [0, 0.05) is 6.61 Å². The van der Waals surface area contributed by atoms with Gasteiger partial charge in [0.1, 0.15) is 0 Å². The molecule has 1 aromatic carbocycles. The van der Waals surface area contributed by atoms with Crippen molar-refractivity contribution in [3.63, 3.8) is 0 Å². The summed E-state index contributed by atoms with van der Waals surface area (Å²) in [7, 11) is 0. The highest BCUT2D eigenvalue weighted by atomic mass is 16.3. The summed E-state index contributed by atoms with van der Waals surface area (Å²) in [4.78, 5) is 0. The standard InChI is InChI=1S/C14H20O/c1-11-13(10-15)8-5-9-14(11)12-6-3-2-4-7-12/h2-4,6-7,11,13-15H,5,8-10H2,1H3/t11-,13+,14-/m1/s1. The van der Waals surface area contributed by atoms with Crippen molar-refractivity contribution in [2.24, 2.45) is 11.8 Å². The van der Waals surface area contributed by atoms with Crippen LogP contribution in [0.5, 0.6) is 0 Å². The second kappa shape index (κ2) is 4.80. The Morgan fingerprint density at radius 2 is 1.93 bits per heavy atom. The molecule has 1 aliphatic carbocycles. The number of hydrogen-bond donors (Lipinski definition) is 1. The Balaban J connectivity index is 2.15. The van der Waals surface area contributed by atoms with E-state index in [2.05, 4.69) is 37.3 Å². The first-order chi connectivity index (χ1) is 7.33. The summed E-state index contributed by atoms with van der Waals surface area (Å²) in [5.41, 5.74) is 1.45. The predicted molar refractivity (Wildman–Crippen MR) is 62.8 cm³/mol. The third-order valence-electron chi connectivity index (χ3n) is 3.93. The van der Waals surface area contributed by atoms with Gasteiger partial charge in [-0.1, -0.05) is 43.7 Å². The summed E-state index contributed by atoms with van der Waals surface area (Å²) in [6, 6.07) is 10.7. The molecule has 2 rings (SSSR count). The normalized spacial score (nSPS) is 31.5. The van der Waals surface area contributed by atoms with E-state index in [0.29, 0.717) is 24.4 Å². The van der Waals surface area contributed by atoms with E-state index in [4.69, 9.17) is 0 Å². The van der Waals surface area contributed by atoms with E-state index in [1.54, 1.807) is 0 Å². The average Bonchev–Trinajstić information content (AvgIpc) is 2.30. The maximum absolute atomic E-state index is 9.33. The summed E-state index contributed by atoms with van der Waals surface area (Å²) in [5.74, 6) is 1.77. The van der Waals surface area contributed by atoms with Crippen molar-refractivity contribution in [1.29, 1.82) is 0 Å². The zero-order chi connectivity index (χ0) is 10.7. The zero-order valence-corrected chi connectivity index (χ0v) is 9.39. The molecule has 0 aliphatic heterocycles. The molecule has 15 heavy (non-hydrogen) atoms. The zero-order valence-electron chi connectivity index (χ0n) is 9.39. The lowest BCUT2D eigenvalue weighted by molar-refractivity contribution is 0.128. The van der Waals surface area contributed by atoms with Crippen molar-refractivity contribution in [3.8, 4) is 0 Å². The van der Waals surface area contributed by atoms with Crippen LogP contribution in [0.25, 0.3) is 0 Å². The van der Waals surface area contributed by atoms with Crippen LogP contribution in [-0.2, 0) is 0 Å². The third kappa shape index (κ3) is 2.23. The van der Waals surface area contributed by atoms with Crippen LogP contribution in [0.2, 0.25) is 0 Å². The fraction of sp³-hybridized carbons (Fsp3) is 0.571. The van der Waals surface area contributed by atoms with Gasteiger partial charge in [0.2, 0.25) is 0 Å². The predicted octanol–water partition coefficient (Wildman–Crippen LogP) is 3.20. The fourth-order valence-electron chi connectivity index (χ4n) is 2.88. The first kappa shape index (κ1) is 10.7. The molecule has 0 heterocycles. The number of hydrogen-bond acceptors (Lipinski definition) is 1. The quantitative estimate of drug-likeness (QED) is 0.784. The van der Waals surface area contributed by atoms with Crippen molar-refractivity contribution >= 4 is 0 Å². The van der Waals surface area contributed by atoms with E-state index >= 15 is 0 Å². The molecule has 1 fully saturated rings. The SMILES string of the molecule is C[C@@H]1[C@H](CO)CCC[C@H]1c1ccccc1. The van der Waals surface area contributed by atoms with Gasteiger partial charge in [0.15, 0.2) is 0 Å². The Hall–Kier alpha value is -0.820. The smallest absolute Gasteiger partial charge is 0.0462 e. The third-order valence-corrected chi connectivity index (χ3v) is 3.93. The van der Waals surface area contributed by atoms with Gasteiger partial charge in [-0.2, -0.15) is 0 Å². The second-order valence-electron chi connectivity index (χ2n) is 4.75. The topological polar surface area (TPSA) is 20.2 Å². The van der Waals surface area contributed by atoms with Crippen molar-refractivity contribution in [2.45, 2.75) is 32.1 Å². The first-order valence-electron chi connectivity index (χ1n) is 5.98. The maximum Gasteiger partial charge on any atom is 0.0462 e. The molecule has 82 valence electrons. The number of aliphatic hydroxyl groups excluding tert-OH is 1. The molecule has 1 saturated carbocycles. The molecule has 0 aromatic heterocycles. The molecule has 3 atom stereocenters. The van der Waals surface area contributed by atoms with Crippen LogP contribution in [-0.4, -0.2) is 11.7 Å². The minimum Gasteiger partial charge on any atom is -0.396 e. The Bertz CT molecular complexity index is 293. The van der Waals surface area contributed by atoms with Gasteiger partial charge < -0.3 is 5.11 Å². The van der Waals surface area contributed by atoms with E-state index in [1.165, 1.54) is 24.8 Å². The van der Waals surface area contributed by atoms with Crippen LogP contribution in [0.1, 0.15) is 37.7 Å². The highest BCUT2D eigenvalue weighted by Gasteiger charge is 2.30. The van der Waals surface area contributed by atoms with Crippen LogP contribution in [0.3, 0.4) is 0 Å². The summed E-state index contributed by atoms with van der Waals surface area (Å²) in [5, 5.41) is 9.33. The lowest BCUT2D eigenvalue weighted by Crippen LogP contribution is -2.26. The van der Waals surface area contributed by atoms with E-state index in [-0.39, 0.29) is 0 Å². The van der Waals surface area contributed by atoms with Gasteiger partial charge in [-0.25, -0.2) is 0 Å². The second-order valence-corrected chi connectivity index (χ2v) is 4.75. The molecule has 0 bridgehead atoms. The maximum atomic E-state index is 9.33.